The van der Waals surface area contributed by atoms with E-state index in [0.717, 1.165) is 8.19 Å². The zero-order chi connectivity index (χ0) is 11.2. The number of fused-ring (bicyclic) bond motifs is 1. The highest BCUT2D eigenvalue weighted by Gasteiger charge is 1.99. The molecule has 0 saturated carbocycles. The van der Waals surface area contributed by atoms with Gasteiger partial charge in [0.05, 0.1) is 0 Å². The standard InChI is InChI=1S/C15H21P/c1-2-3-4-5-6-10-14-12-13-9-7-8-11-15(13)16-14/h7-9,11-12,16H,2-6,10H2,1H3. The van der Waals surface area contributed by atoms with E-state index in [1.807, 2.05) is 0 Å². The Morgan fingerprint density at radius 3 is 2.62 bits per heavy atom. The fraction of sp³-hybridized carbons (Fsp3) is 0.467. The van der Waals surface area contributed by atoms with Crippen molar-refractivity contribution in [3.8, 4) is 0 Å². The molecular formula is C15H21P. The van der Waals surface area contributed by atoms with Crippen LogP contribution in [-0.2, 0) is 6.42 Å². The minimum absolute atomic E-state index is 0.944. The van der Waals surface area contributed by atoms with E-state index in [1.54, 1.807) is 10.4 Å². The molecule has 0 aliphatic heterocycles. The highest BCUT2D eigenvalue weighted by Crippen LogP contribution is 2.31. The van der Waals surface area contributed by atoms with Gasteiger partial charge in [-0.25, -0.2) is 0 Å². The second kappa shape index (κ2) is 6.11. The van der Waals surface area contributed by atoms with Gasteiger partial charge in [-0.15, -0.1) is 8.19 Å². The molecule has 2 rings (SSSR count). The molecule has 16 heavy (non-hydrogen) atoms. The Morgan fingerprint density at radius 1 is 1.00 bits per heavy atom. The fourth-order valence-corrected chi connectivity index (χ4v) is 3.54. The average molecular weight is 232 g/mol. The Bertz CT molecular complexity index is 395. The Labute approximate surface area is 100 Å². The SMILES string of the molecule is CCCCCCCc1cc2ccccc2[pH]1. The Morgan fingerprint density at radius 2 is 1.81 bits per heavy atom. The third kappa shape index (κ3) is 3.12. The lowest BCUT2D eigenvalue weighted by molar-refractivity contribution is 0.634. The molecular weight excluding hydrogens is 211 g/mol. The van der Waals surface area contributed by atoms with Crippen LogP contribution in [-0.4, -0.2) is 0 Å². The smallest absolute Gasteiger partial charge is 0.00156 e. The summed E-state index contributed by atoms with van der Waals surface area (Å²) in [6.07, 6.45) is 8.27. The summed E-state index contributed by atoms with van der Waals surface area (Å²) in [5.74, 6) is 0. The monoisotopic (exact) mass is 232 g/mol. The largest absolute Gasteiger partial charge is 0.128 e. The molecule has 1 heterocycles. The summed E-state index contributed by atoms with van der Waals surface area (Å²) in [5.41, 5.74) is 0. The number of unbranched alkanes of at least 4 members (excludes halogenated alkanes) is 4. The molecule has 0 bridgehead atoms. The van der Waals surface area contributed by atoms with Gasteiger partial charge in [0.1, 0.15) is 0 Å². The molecule has 0 N–H and O–H groups in total. The second-order valence-electron chi connectivity index (χ2n) is 4.55. The number of hydrogen-bond acceptors (Lipinski definition) is 0. The molecule has 2 aromatic rings. The van der Waals surface area contributed by atoms with Crippen molar-refractivity contribution in [3.05, 3.63) is 35.6 Å². The van der Waals surface area contributed by atoms with Gasteiger partial charge in [-0.1, -0.05) is 56.9 Å². The van der Waals surface area contributed by atoms with Crippen molar-refractivity contribution in [2.75, 3.05) is 0 Å². The summed E-state index contributed by atoms with van der Waals surface area (Å²) >= 11 is 0. The fourth-order valence-electron chi connectivity index (χ4n) is 2.19. The lowest BCUT2D eigenvalue weighted by Crippen LogP contribution is -1.81. The van der Waals surface area contributed by atoms with Gasteiger partial charge >= 0.3 is 0 Å². The molecule has 0 spiro atoms. The minimum Gasteiger partial charge on any atom is -0.128 e. The number of hydrogen-bond donors (Lipinski definition) is 0. The summed E-state index contributed by atoms with van der Waals surface area (Å²) in [6, 6.07) is 11.2. The zero-order valence-electron chi connectivity index (χ0n) is 10.1. The van der Waals surface area contributed by atoms with Gasteiger partial charge in [0, 0.05) is 0 Å². The maximum atomic E-state index is 2.41. The first-order chi connectivity index (χ1) is 7.90. The van der Waals surface area contributed by atoms with Crippen LogP contribution in [0.4, 0.5) is 0 Å². The molecule has 1 aromatic heterocycles. The molecule has 1 aromatic carbocycles. The lowest BCUT2D eigenvalue weighted by Gasteiger charge is -1.98. The van der Waals surface area contributed by atoms with E-state index in [0.29, 0.717) is 0 Å². The van der Waals surface area contributed by atoms with Crippen LogP contribution < -0.4 is 0 Å². The molecule has 0 saturated heterocycles. The third-order valence-electron chi connectivity index (χ3n) is 3.14. The lowest BCUT2D eigenvalue weighted by atomic mass is 10.1. The molecule has 0 aliphatic rings. The Balaban J connectivity index is 1.85. The van der Waals surface area contributed by atoms with Crippen LogP contribution in [0.15, 0.2) is 30.3 Å². The predicted molar refractivity (Wildman–Crippen MR) is 75.9 cm³/mol. The van der Waals surface area contributed by atoms with E-state index in [-0.39, 0.29) is 0 Å². The van der Waals surface area contributed by atoms with Crippen LogP contribution in [0, 0.1) is 0 Å². The molecule has 0 radical (unpaired) electrons. The molecule has 1 heteroatoms. The van der Waals surface area contributed by atoms with E-state index in [4.69, 9.17) is 0 Å². The Hall–Kier alpha value is -0.740. The van der Waals surface area contributed by atoms with E-state index in [1.165, 1.54) is 43.9 Å². The van der Waals surface area contributed by atoms with Crippen molar-refractivity contribution in [3.63, 3.8) is 0 Å². The van der Waals surface area contributed by atoms with Crippen molar-refractivity contribution in [2.24, 2.45) is 0 Å². The molecule has 0 aliphatic carbocycles. The van der Waals surface area contributed by atoms with Crippen LogP contribution in [0.1, 0.15) is 44.3 Å². The molecule has 0 nitrogen and oxygen atoms in total. The van der Waals surface area contributed by atoms with Crippen LogP contribution in [0.3, 0.4) is 0 Å². The maximum absolute atomic E-state index is 2.41. The summed E-state index contributed by atoms with van der Waals surface area (Å²) in [5, 5.41) is 4.67. The molecule has 1 atom stereocenters. The van der Waals surface area contributed by atoms with Crippen LogP contribution in [0.5, 0.6) is 0 Å². The van der Waals surface area contributed by atoms with Gasteiger partial charge in [0.15, 0.2) is 0 Å². The van der Waals surface area contributed by atoms with Crippen LogP contribution in [0.25, 0.3) is 10.5 Å². The first-order valence-corrected chi connectivity index (χ1v) is 7.47. The molecule has 86 valence electrons. The Kier molecular flexibility index (Phi) is 4.48. The second-order valence-corrected chi connectivity index (χ2v) is 5.98. The predicted octanol–water partition coefficient (Wildman–Crippen LogP) is 5.38. The van der Waals surface area contributed by atoms with E-state index in [2.05, 4.69) is 37.3 Å². The van der Waals surface area contributed by atoms with Crippen molar-refractivity contribution < 1.29 is 0 Å². The van der Waals surface area contributed by atoms with E-state index in [9.17, 15) is 0 Å². The minimum atomic E-state index is 0.944. The van der Waals surface area contributed by atoms with Crippen molar-refractivity contribution in [1.29, 1.82) is 0 Å². The summed E-state index contributed by atoms with van der Waals surface area (Å²) < 4.78 is 0. The van der Waals surface area contributed by atoms with E-state index >= 15 is 0 Å². The topological polar surface area (TPSA) is 0 Å². The van der Waals surface area contributed by atoms with Crippen molar-refractivity contribution in [1.82, 2.24) is 0 Å². The molecule has 0 amide bonds. The van der Waals surface area contributed by atoms with E-state index < -0.39 is 0 Å². The van der Waals surface area contributed by atoms with Crippen LogP contribution >= 0.6 is 8.19 Å². The number of aryl methyl sites for hydroxylation is 1. The van der Waals surface area contributed by atoms with Gasteiger partial charge in [-0.05, 0) is 34.7 Å². The first-order valence-electron chi connectivity index (χ1n) is 6.47. The average Bonchev–Trinajstić information content (AvgIpc) is 2.71. The van der Waals surface area contributed by atoms with Gasteiger partial charge in [-0.2, -0.15) is 0 Å². The molecule has 1 unspecified atom stereocenters. The summed E-state index contributed by atoms with van der Waals surface area (Å²) in [4.78, 5) is 0. The number of rotatable bonds is 6. The summed E-state index contributed by atoms with van der Waals surface area (Å²) in [6.45, 7) is 2.28. The van der Waals surface area contributed by atoms with Crippen molar-refractivity contribution in [2.45, 2.75) is 45.4 Å². The van der Waals surface area contributed by atoms with Gasteiger partial charge in [0.25, 0.3) is 0 Å². The maximum Gasteiger partial charge on any atom is -0.00156 e. The third-order valence-corrected chi connectivity index (χ3v) is 4.58. The van der Waals surface area contributed by atoms with Gasteiger partial charge in [-0.3, -0.25) is 0 Å². The van der Waals surface area contributed by atoms with Gasteiger partial charge < -0.3 is 0 Å². The normalized spacial score (nSPS) is 11.6. The first kappa shape index (κ1) is 11.7. The number of benzene rings is 1. The summed E-state index contributed by atoms with van der Waals surface area (Å²) in [7, 11) is 0.944. The van der Waals surface area contributed by atoms with Gasteiger partial charge in [0.2, 0.25) is 0 Å². The van der Waals surface area contributed by atoms with Crippen molar-refractivity contribution >= 4 is 18.7 Å². The highest BCUT2D eigenvalue weighted by atomic mass is 31.0. The van der Waals surface area contributed by atoms with Crippen LogP contribution in [0.2, 0.25) is 0 Å². The zero-order valence-corrected chi connectivity index (χ0v) is 11.1. The highest BCUT2D eigenvalue weighted by molar-refractivity contribution is 7.38. The molecule has 0 fully saturated rings. The quantitative estimate of drug-likeness (QED) is 0.586.